The number of amides is 1. The number of aromatic nitrogens is 2. The fourth-order valence-corrected chi connectivity index (χ4v) is 1.14. The lowest BCUT2D eigenvalue weighted by molar-refractivity contribution is -0.119. The Balaban J connectivity index is 2.52. The van der Waals surface area contributed by atoms with Gasteiger partial charge in [0, 0.05) is 26.7 Å². The number of aliphatic hydroxyl groups excluding tert-OH is 2. The fourth-order valence-electron chi connectivity index (χ4n) is 1.14. The summed E-state index contributed by atoms with van der Waals surface area (Å²) in [5.74, 6) is -0.248. The molecule has 1 aromatic rings. The van der Waals surface area contributed by atoms with Crippen LogP contribution in [0.3, 0.4) is 0 Å². The fraction of sp³-hybridized carbons (Fsp3) is 0.556. The first-order chi connectivity index (χ1) is 7.00. The van der Waals surface area contributed by atoms with E-state index in [4.69, 9.17) is 0 Å². The van der Waals surface area contributed by atoms with Gasteiger partial charge in [-0.3, -0.25) is 4.79 Å². The summed E-state index contributed by atoms with van der Waals surface area (Å²) in [5.41, 5.74) is 0.385. The highest BCUT2D eigenvalue weighted by Gasteiger charge is 2.20. The zero-order chi connectivity index (χ0) is 11.4. The lowest BCUT2D eigenvalue weighted by Crippen LogP contribution is -2.34. The number of imidazole rings is 1. The molecule has 0 aliphatic heterocycles. The average molecular weight is 213 g/mol. The van der Waals surface area contributed by atoms with Crippen molar-refractivity contribution in [1.82, 2.24) is 14.9 Å². The number of aliphatic hydroxyl groups is 2. The largest absolute Gasteiger partial charge is 0.388 e. The predicted octanol–water partition coefficient (Wildman–Crippen LogP) is -1.05. The van der Waals surface area contributed by atoms with Gasteiger partial charge in [0.15, 0.2) is 0 Å². The lowest BCUT2D eigenvalue weighted by atomic mass is 10.1. The Bertz CT molecular complexity index is 337. The van der Waals surface area contributed by atoms with Crippen LogP contribution >= 0.6 is 0 Å². The molecule has 0 radical (unpaired) electrons. The van der Waals surface area contributed by atoms with Crippen LogP contribution in [0.1, 0.15) is 18.7 Å². The van der Waals surface area contributed by atoms with Crippen molar-refractivity contribution in [3.63, 3.8) is 0 Å². The SMILES string of the molecule is CC(=O)NCC(O)C(O)c1cn(C)cn1. The maximum absolute atomic E-state index is 10.6. The molecule has 84 valence electrons. The summed E-state index contributed by atoms with van der Waals surface area (Å²) in [5, 5.41) is 21.6. The number of rotatable bonds is 4. The summed E-state index contributed by atoms with van der Waals surface area (Å²) < 4.78 is 1.67. The Labute approximate surface area is 87.6 Å². The first kappa shape index (κ1) is 11.7. The number of carbonyl (C=O) groups is 1. The van der Waals surface area contributed by atoms with E-state index < -0.39 is 12.2 Å². The molecule has 0 bridgehead atoms. The van der Waals surface area contributed by atoms with E-state index in [1.54, 1.807) is 17.8 Å². The van der Waals surface area contributed by atoms with Crippen molar-refractivity contribution in [2.75, 3.05) is 6.54 Å². The van der Waals surface area contributed by atoms with Gasteiger partial charge in [-0.1, -0.05) is 0 Å². The number of carbonyl (C=O) groups excluding carboxylic acids is 1. The Morgan fingerprint density at radius 3 is 2.80 bits per heavy atom. The summed E-state index contributed by atoms with van der Waals surface area (Å²) in [6.45, 7) is 1.35. The third kappa shape index (κ3) is 3.34. The van der Waals surface area contributed by atoms with Gasteiger partial charge in [0.2, 0.25) is 5.91 Å². The Morgan fingerprint density at radius 1 is 1.67 bits per heavy atom. The van der Waals surface area contributed by atoms with Crippen LogP contribution in [0.5, 0.6) is 0 Å². The van der Waals surface area contributed by atoms with Crippen LogP contribution in [0.25, 0.3) is 0 Å². The van der Waals surface area contributed by atoms with Crippen molar-refractivity contribution in [3.8, 4) is 0 Å². The molecule has 1 rings (SSSR count). The third-order valence-corrected chi connectivity index (χ3v) is 1.95. The van der Waals surface area contributed by atoms with Crippen molar-refractivity contribution >= 4 is 5.91 Å². The van der Waals surface area contributed by atoms with Crippen molar-refractivity contribution in [2.45, 2.75) is 19.1 Å². The number of nitrogens with one attached hydrogen (secondary N) is 1. The third-order valence-electron chi connectivity index (χ3n) is 1.95. The molecule has 0 saturated carbocycles. The second-order valence-electron chi connectivity index (χ2n) is 3.41. The van der Waals surface area contributed by atoms with Gasteiger partial charge in [-0.15, -0.1) is 0 Å². The smallest absolute Gasteiger partial charge is 0.216 e. The summed E-state index contributed by atoms with van der Waals surface area (Å²) in [4.78, 5) is 14.5. The van der Waals surface area contributed by atoms with Crippen molar-refractivity contribution in [1.29, 1.82) is 0 Å². The monoisotopic (exact) mass is 213 g/mol. The molecule has 15 heavy (non-hydrogen) atoms. The van der Waals surface area contributed by atoms with Gasteiger partial charge in [-0.25, -0.2) is 4.98 Å². The molecule has 0 aliphatic carbocycles. The molecule has 0 spiro atoms. The van der Waals surface area contributed by atoms with E-state index in [1.807, 2.05) is 0 Å². The van der Waals surface area contributed by atoms with Gasteiger partial charge in [0.1, 0.15) is 12.2 Å². The molecule has 0 aliphatic rings. The van der Waals surface area contributed by atoms with Gasteiger partial charge in [-0.05, 0) is 0 Å². The maximum atomic E-state index is 10.6. The van der Waals surface area contributed by atoms with E-state index in [-0.39, 0.29) is 12.5 Å². The summed E-state index contributed by atoms with van der Waals surface area (Å²) in [6, 6.07) is 0. The molecular formula is C9H15N3O3. The van der Waals surface area contributed by atoms with Crippen LogP contribution in [0.15, 0.2) is 12.5 Å². The molecule has 0 aromatic carbocycles. The number of nitrogens with zero attached hydrogens (tertiary/aromatic N) is 2. The van der Waals surface area contributed by atoms with Gasteiger partial charge in [-0.2, -0.15) is 0 Å². The van der Waals surface area contributed by atoms with E-state index in [2.05, 4.69) is 10.3 Å². The van der Waals surface area contributed by atoms with Crippen LogP contribution < -0.4 is 5.32 Å². The standard InChI is InChI=1S/C9H15N3O3/c1-6(13)10-3-8(14)9(15)7-4-12(2)5-11-7/h4-5,8-9,14-15H,3H2,1-2H3,(H,10,13). The number of hydrogen-bond donors (Lipinski definition) is 3. The summed E-state index contributed by atoms with van der Waals surface area (Å²) in [7, 11) is 1.77. The van der Waals surface area contributed by atoms with Gasteiger partial charge < -0.3 is 20.1 Å². The van der Waals surface area contributed by atoms with Crippen molar-refractivity contribution in [3.05, 3.63) is 18.2 Å². The molecule has 0 saturated heterocycles. The molecule has 6 heteroatoms. The zero-order valence-corrected chi connectivity index (χ0v) is 8.71. The highest BCUT2D eigenvalue weighted by atomic mass is 16.3. The van der Waals surface area contributed by atoms with E-state index >= 15 is 0 Å². The van der Waals surface area contributed by atoms with Crippen molar-refractivity contribution < 1.29 is 15.0 Å². The molecule has 1 heterocycles. The average Bonchev–Trinajstić information content (AvgIpc) is 2.60. The van der Waals surface area contributed by atoms with E-state index in [9.17, 15) is 15.0 Å². The van der Waals surface area contributed by atoms with E-state index in [0.29, 0.717) is 5.69 Å². The van der Waals surface area contributed by atoms with Gasteiger partial charge in [0.25, 0.3) is 0 Å². The molecule has 2 unspecified atom stereocenters. The second kappa shape index (κ2) is 4.90. The number of aryl methyl sites for hydroxylation is 1. The van der Waals surface area contributed by atoms with Crippen molar-refractivity contribution in [2.24, 2.45) is 7.05 Å². The van der Waals surface area contributed by atoms with Crippen LogP contribution in [-0.2, 0) is 11.8 Å². The van der Waals surface area contributed by atoms with E-state index in [1.165, 1.54) is 13.3 Å². The highest BCUT2D eigenvalue weighted by molar-refractivity contribution is 5.72. The Kier molecular flexibility index (Phi) is 3.81. The van der Waals surface area contributed by atoms with Crippen LogP contribution in [0.2, 0.25) is 0 Å². The zero-order valence-electron chi connectivity index (χ0n) is 8.71. The lowest BCUT2D eigenvalue weighted by Gasteiger charge is -2.15. The first-order valence-electron chi connectivity index (χ1n) is 4.59. The highest BCUT2D eigenvalue weighted by Crippen LogP contribution is 2.13. The van der Waals surface area contributed by atoms with Crippen LogP contribution in [0, 0.1) is 0 Å². The minimum atomic E-state index is -1.09. The minimum Gasteiger partial charge on any atom is -0.388 e. The minimum absolute atomic E-state index is 0.00702. The Morgan fingerprint density at radius 2 is 2.33 bits per heavy atom. The predicted molar refractivity (Wildman–Crippen MR) is 52.9 cm³/mol. The van der Waals surface area contributed by atoms with Gasteiger partial charge >= 0.3 is 0 Å². The first-order valence-corrected chi connectivity index (χ1v) is 4.59. The molecule has 3 N–H and O–H groups in total. The molecule has 2 atom stereocenters. The normalized spacial score (nSPS) is 14.7. The molecule has 1 aromatic heterocycles. The number of hydrogen-bond acceptors (Lipinski definition) is 4. The van der Waals surface area contributed by atoms with Crippen LogP contribution in [0.4, 0.5) is 0 Å². The maximum Gasteiger partial charge on any atom is 0.216 e. The second-order valence-corrected chi connectivity index (χ2v) is 3.41. The molecule has 0 fully saturated rings. The quantitative estimate of drug-likeness (QED) is 0.595. The summed E-state index contributed by atoms with van der Waals surface area (Å²) in [6.07, 6.45) is 1.01. The molecular weight excluding hydrogens is 198 g/mol. The Hall–Kier alpha value is -1.40. The topological polar surface area (TPSA) is 87.4 Å². The van der Waals surface area contributed by atoms with E-state index in [0.717, 1.165) is 0 Å². The molecule has 1 amide bonds. The molecule has 6 nitrogen and oxygen atoms in total. The van der Waals surface area contributed by atoms with Gasteiger partial charge in [0.05, 0.1) is 12.0 Å². The van der Waals surface area contributed by atoms with Crippen LogP contribution in [-0.4, -0.2) is 38.3 Å². The summed E-state index contributed by atoms with van der Waals surface area (Å²) >= 11 is 0.